The second-order valence-electron chi connectivity index (χ2n) is 11.7. The van der Waals surface area contributed by atoms with Gasteiger partial charge in [0.1, 0.15) is 12.0 Å². The van der Waals surface area contributed by atoms with Gasteiger partial charge in [0.25, 0.3) is 5.91 Å². The smallest absolute Gasteiger partial charge is 0.257 e. The molecule has 13 heteroatoms. The molecule has 1 atom stereocenters. The molecule has 5 rings (SSSR count). The van der Waals surface area contributed by atoms with Crippen LogP contribution in [0.4, 0.5) is 31.8 Å². The number of carbonyl (C=O) groups excluding carboxylic acids is 2. The van der Waals surface area contributed by atoms with E-state index in [1.54, 1.807) is 35.9 Å². The lowest BCUT2D eigenvalue weighted by Gasteiger charge is -2.21. The maximum atomic E-state index is 14.3. The van der Waals surface area contributed by atoms with E-state index in [1.165, 1.54) is 12.1 Å². The number of amides is 2. The molecule has 1 aliphatic heterocycles. The number of nitrogens with zero attached hydrogens (tertiary/aromatic N) is 3. The number of rotatable bonds is 7. The molecule has 1 aromatic heterocycles. The summed E-state index contributed by atoms with van der Waals surface area (Å²) in [5.74, 6) is -0.822. The Bertz CT molecular complexity index is 1770. The number of aryl methyl sites for hydroxylation is 1. The Labute approximate surface area is 268 Å². The third-order valence-corrected chi connectivity index (χ3v) is 8.46. The molecule has 232 valence electrons. The van der Waals surface area contributed by atoms with Gasteiger partial charge in [-0.1, -0.05) is 61.6 Å². The largest absolute Gasteiger partial charge is 0.368 e. The molecular formula is C31H31Cl3F2N6O2. The Balaban J connectivity index is 1.50. The van der Waals surface area contributed by atoms with Gasteiger partial charge in [0.05, 0.1) is 43.0 Å². The van der Waals surface area contributed by atoms with Gasteiger partial charge in [0.15, 0.2) is 0 Å². The first-order valence-corrected chi connectivity index (χ1v) is 15.0. The normalized spacial score (nSPS) is 15.1. The molecule has 3 aromatic carbocycles. The second kappa shape index (κ2) is 12.4. The van der Waals surface area contributed by atoms with Gasteiger partial charge in [0, 0.05) is 37.8 Å². The number of carbonyl (C=O) groups is 2. The molecule has 1 aliphatic rings. The predicted molar refractivity (Wildman–Crippen MR) is 173 cm³/mol. The number of halogens is 5. The number of benzene rings is 3. The van der Waals surface area contributed by atoms with Crippen LogP contribution in [0.25, 0.3) is 11.0 Å². The van der Waals surface area contributed by atoms with E-state index in [-0.39, 0.29) is 29.6 Å². The SMILES string of the molecule is Cn1c(Nc2c(Cl)ccc(CNC(=O)C(C)(C)C)c2Cl)nc2cc(C(=O)Nc3ccc(F)c(Cl)c3)c(N3CC[C@@H](F)C3)cc21. The number of alkyl halides is 1. The van der Waals surface area contributed by atoms with Crippen LogP contribution in [0.2, 0.25) is 15.1 Å². The monoisotopic (exact) mass is 662 g/mol. The van der Waals surface area contributed by atoms with E-state index >= 15 is 0 Å². The van der Waals surface area contributed by atoms with E-state index in [1.807, 2.05) is 25.7 Å². The van der Waals surface area contributed by atoms with E-state index in [0.717, 1.165) is 6.07 Å². The Morgan fingerprint density at radius 3 is 2.48 bits per heavy atom. The van der Waals surface area contributed by atoms with Crippen LogP contribution in [0.1, 0.15) is 43.1 Å². The van der Waals surface area contributed by atoms with Crippen LogP contribution in [0.5, 0.6) is 0 Å². The molecule has 1 saturated heterocycles. The molecule has 2 heterocycles. The number of anilines is 4. The lowest BCUT2D eigenvalue weighted by Crippen LogP contribution is -2.34. The van der Waals surface area contributed by atoms with Gasteiger partial charge in [-0.3, -0.25) is 9.59 Å². The zero-order chi connectivity index (χ0) is 31.9. The van der Waals surface area contributed by atoms with E-state index in [9.17, 15) is 18.4 Å². The first kappa shape index (κ1) is 31.8. The molecule has 0 aliphatic carbocycles. The summed E-state index contributed by atoms with van der Waals surface area (Å²) in [6, 6.07) is 10.7. The fraction of sp³-hybridized carbons (Fsp3) is 0.323. The summed E-state index contributed by atoms with van der Waals surface area (Å²) in [7, 11) is 1.79. The number of imidazole rings is 1. The van der Waals surface area contributed by atoms with Crippen molar-refractivity contribution in [3.05, 3.63) is 74.5 Å². The van der Waals surface area contributed by atoms with Gasteiger partial charge in [-0.25, -0.2) is 13.8 Å². The van der Waals surface area contributed by atoms with Crippen LogP contribution in [0.3, 0.4) is 0 Å². The van der Waals surface area contributed by atoms with Crippen LogP contribution in [-0.4, -0.2) is 40.6 Å². The van der Waals surface area contributed by atoms with Gasteiger partial charge in [0.2, 0.25) is 11.9 Å². The molecule has 0 spiro atoms. The molecule has 3 N–H and O–H groups in total. The zero-order valence-corrected chi connectivity index (χ0v) is 26.8. The first-order valence-electron chi connectivity index (χ1n) is 13.9. The standard InChI is InChI=1S/C31H31Cl3F2N6O2/c1-31(2,3)29(44)37-14-16-5-7-20(32)27(26(16)34)40-30-39-23-12-19(28(43)38-18-6-8-22(36)21(33)11-18)24(13-25(23)41(30)4)42-10-9-17(35)15-42/h5-8,11-13,17H,9-10,14-15H2,1-4H3,(H,37,44)(H,38,43)(H,39,40)/t17-/m1/s1. The topological polar surface area (TPSA) is 91.3 Å². The third kappa shape index (κ3) is 6.57. The molecule has 0 unspecified atom stereocenters. The number of hydrogen-bond acceptors (Lipinski definition) is 5. The van der Waals surface area contributed by atoms with Crippen molar-refractivity contribution in [3.8, 4) is 0 Å². The fourth-order valence-electron chi connectivity index (χ4n) is 4.89. The highest BCUT2D eigenvalue weighted by molar-refractivity contribution is 6.39. The summed E-state index contributed by atoms with van der Waals surface area (Å²) in [6.07, 6.45) is -0.681. The van der Waals surface area contributed by atoms with Crippen LogP contribution >= 0.6 is 34.8 Å². The van der Waals surface area contributed by atoms with Crippen molar-refractivity contribution in [2.75, 3.05) is 28.6 Å². The lowest BCUT2D eigenvalue weighted by molar-refractivity contribution is -0.128. The molecule has 0 bridgehead atoms. The van der Waals surface area contributed by atoms with Crippen molar-refractivity contribution >= 4 is 80.7 Å². The molecule has 0 radical (unpaired) electrons. The van der Waals surface area contributed by atoms with Crippen molar-refractivity contribution in [3.63, 3.8) is 0 Å². The van der Waals surface area contributed by atoms with Gasteiger partial charge >= 0.3 is 0 Å². The molecule has 44 heavy (non-hydrogen) atoms. The van der Waals surface area contributed by atoms with Crippen molar-refractivity contribution in [1.82, 2.24) is 14.9 Å². The van der Waals surface area contributed by atoms with Crippen LogP contribution in [-0.2, 0) is 18.4 Å². The summed E-state index contributed by atoms with van der Waals surface area (Å²) in [4.78, 5) is 32.4. The highest BCUT2D eigenvalue weighted by Crippen LogP contribution is 2.37. The maximum absolute atomic E-state index is 14.3. The second-order valence-corrected chi connectivity index (χ2v) is 12.9. The number of hydrogen-bond donors (Lipinski definition) is 3. The van der Waals surface area contributed by atoms with Crippen LogP contribution < -0.4 is 20.9 Å². The molecule has 1 fully saturated rings. The lowest BCUT2D eigenvalue weighted by atomic mass is 9.95. The summed E-state index contributed by atoms with van der Waals surface area (Å²) >= 11 is 19.2. The minimum absolute atomic E-state index is 0.122. The van der Waals surface area contributed by atoms with Crippen molar-refractivity contribution in [1.29, 1.82) is 0 Å². The summed E-state index contributed by atoms with van der Waals surface area (Å²) in [5.41, 5.74) is 2.77. The minimum atomic E-state index is -1.02. The molecule has 2 amide bonds. The number of fused-ring (bicyclic) bond motifs is 1. The molecule has 4 aromatic rings. The highest BCUT2D eigenvalue weighted by Gasteiger charge is 2.28. The van der Waals surface area contributed by atoms with E-state index in [0.29, 0.717) is 62.6 Å². The van der Waals surface area contributed by atoms with E-state index < -0.39 is 23.3 Å². The Kier molecular flexibility index (Phi) is 8.98. The first-order chi connectivity index (χ1) is 20.7. The number of nitrogens with one attached hydrogen (secondary N) is 3. The Hall–Kier alpha value is -3.60. The van der Waals surface area contributed by atoms with E-state index in [2.05, 4.69) is 16.0 Å². The molecule has 8 nitrogen and oxygen atoms in total. The van der Waals surface area contributed by atoms with Gasteiger partial charge < -0.3 is 25.4 Å². The molecule has 0 saturated carbocycles. The minimum Gasteiger partial charge on any atom is -0.368 e. The average molecular weight is 664 g/mol. The van der Waals surface area contributed by atoms with Crippen molar-refractivity contribution < 1.29 is 18.4 Å². The molecular weight excluding hydrogens is 633 g/mol. The predicted octanol–water partition coefficient (Wildman–Crippen LogP) is 7.88. The highest BCUT2D eigenvalue weighted by atomic mass is 35.5. The maximum Gasteiger partial charge on any atom is 0.257 e. The van der Waals surface area contributed by atoms with E-state index in [4.69, 9.17) is 39.8 Å². The van der Waals surface area contributed by atoms with Crippen LogP contribution in [0, 0.1) is 11.2 Å². The Morgan fingerprint density at radius 2 is 1.82 bits per heavy atom. The van der Waals surface area contributed by atoms with Gasteiger partial charge in [-0.2, -0.15) is 0 Å². The average Bonchev–Trinajstić information content (AvgIpc) is 3.53. The number of aromatic nitrogens is 2. The third-order valence-electron chi connectivity index (χ3n) is 7.42. The van der Waals surface area contributed by atoms with Crippen molar-refractivity contribution in [2.45, 2.75) is 39.9 Å². The zero-order valence-electron chi connectivity index (χ0n) is 24.5. The summed E-state index contributed by atoms with van der Waals surface area (Å²) in [5, 5.41) is 9.38. The van der Waals surface area contributed by atoms with Crippen molar-refractivity contribution in [2.24, 2.45) is 12.5 Å². The summed E-state index contributed by atoms with van der Waals surface area (Å²) in [6.45, 7) is 6.24. The Morgan fingerprint density at radius 1 is 1.07 bits per heavy atom. The summed E-state index contributed by atoms with van der Waals surface area (Å²) < 4.78 is 29.7. The van der Waals surface area contributed by atoms with Gasteiger partial charge in [-0.05, 0) is 48.4 Å². The van der Waals surface area contributed by atoms with Crippen LogP contribution in [0.15, 0.2) is 42.5 Å². The van der Waals surface area contributed by atoms with Gasteiger partial charge in [-0.15, -0.1) is 0 Å². The fourth-order valence-corrected chi connectivity index (χ4v) is 5.60. The quantitative estimate of drug-likeness (QED) is 0.187.